The number of hydrogen-bond acceptors (Lipinski definition) is 7. The topological polar surface area (TPSA) is 128 Å². The van der Waals surface area contributed by atoms with Gasteiger partial charge in [-0.2, -0.15) is 0 Å². The molecule has 3 N–H and O–H groups in total. The molecule has 0 aromatic rings. The van der Waals surface area contributed by atoms with E-state index in [0.29, 0.717) is 30.3 Å². The summed E-state index contributed by atoms with van der Waals surface area (Å²) in [6, 6.07) is -1.10. The number of nitrogens with zero attached hydrogens (tertiary/aromatic N) is 1. The molecule has 0 heterocycles. The third kappa shape index (κ3) is 45.1. The summed E-state index contributed by atoms with van der Waals surface area (Å²) >= 11 is 0. The molecule has 0 fully saturated rings. The monoisotopic (exact) mass is 907 g/mol. The normalized spacial score (nSPS) is 15.1. The number of carbonyl (C=O) groups excluding carboxylic acids is 1. The molecule has 0 aromatic heterocycles. The zero-order chi connectivity index (χ0) is 46.5. The fraction of sp³-hybridized carbons (Fsp3) is 0.792. The highest BCUT2D eigenvalue weighted by atomic mass is 31.2. The molecule has 0 bridgehead atoms. The van der Waals surface area contributed by atoms with Crippen LogP contribution < -0.4 is 10.2 Å². The minimum atomic E-state index is -4.68. The van der Waals surface area contributed by atoms with E-state index in [-0.39, 0.29) is 18.9 Å². The Balaban J connectivity index is 4.26. The number of rotatable bonds is 46. The second-order valence-electron chi connectivity index (χ2n) is 18.6. The number of aliphatic hydroxyl groups excluding tert-OH is 2. The lowest BCUT2D eigenvalue weighted by atomic mass is 10.0. The van der Waals surface area contributed by atoms with Crippen LogP contribution in [0.3, 0.4) is 0 Å². The number of nitrogens with one attached hydrogen (secondary N) is 1. The Hall–Kier alpha value is -1.84. The van der Waals surface area contributed by atoms with E-state index in [1.807, 2.05) is 28.1 Å². The van der Waals surface area contributed by atoms with Crippen LogP contribution in [0.4, 0.5) is 0 Å². The molecule has 0 aliphatic rings. The summed E-state index contributed by atoms with van der Waals surface area (Å²) in [4.78, 5) is 25.4. The molecule has 0 spiro atoms. The zero-order valence-electron chi connectivity index (χ0n) is 41.4. The van der Waals surface area contributed by atoms with Gasteiger partial charge >= 0.3 is 0 Å². The summed E-state index contributed by atoms with van der Waals surface area (Å²) in [6.45, 7) is 4.18. The molecule has 0 saturated heterocycles. The molecule has 63 heavy (non-hydrogen) atoms. The van der Waals surface area contributed by atoms with Gasteiger partial charge in [0, 0.05) is 6.42 Å². The number of carbonyl (C=O) groups is 1. The van der Waals surface area contributed by atoms with E-state index < -0.39 is 32.7 Å². The molecule has 10 heteroatoms. The molecule has 0 saturated carbocycles. The van der Waals surface area contributed by atoms with Gasteiger partial charge in [0.25, 0.3) is 7.82 Å². The first-order valence-electron chi connectivity index (χ1n) is 25.7. The van der Waals surface area contributed by atoms with E-state index in [1.54, 1.807) is 0 Å². The van der Waals surface area contributed by atoms with E-state index in [4.69, 9.17) is 9.05 Å². The van der Waals surface area contributed by atoms with Crippen molar-refractivity contribution in [3.05, 3.63) is 60.8 Å². The number of phosphoric ester groups is 1. The molecule has 1 amide bonds. The summed E-state index contributed by atoms with van der Waals surface area (Å²) in [5, 5.41) is 24.6. The molecule has 0 aliphatic heterocycles. The number of quaternary nitrogens is 1. The van der Waals surface area contributed by atoms with Crippen molar-refractivity contribution in [3.63, 3.8) is 0 Å². The van der Waals surface area contributed by atoms with Gasteiger partial charge in [0.2, 0.25) is 5.91 Å². The standard InChI is InChI=1S/C53H99N2O7P/c1-6-8-10-12-14-16-18-20-21-22-23-24-25-26-27-28-29-30-31-32-33-34-36-38-40-42-44-46-52(57)54-50(49-62-63(59,60)61-48-47-55(3,4)5)53(58)51(56)45-43-41-39-37-35-19-17-15-13-11-9-7-2/h7,9,15,17-18,20,22-23,37,39,50-51,53,56,58H,6,8,10-14,16,19,21,24-36,38,40-49H2,1-5H3,(H-,54,57,59,60)/b9-7+,17-15+,20-18-,23-22-,39-37+. The maximum Gasteiger partial charge on any atom is 0.268 e. The molecule has 368 valence electrons. The number of hydrogen-bond donors (Lipinski definition) is 3. The van der Waals surface area contributed by atoms with Gasteiger partial charge in [-0.15, -0.1) is 0 Å². The maximum absolute atomic E-state index is 12.9. The molecular weight excluding hydrogens is 808 g/mol. The lowest BCUT2D eigenvalue weighted by Gasteiger charge is -2.31. The largest absolute Gasteiger partial charge is 0.756 e. The van der Waals surface area contributed by atoms with Crippen LogP contribution in [-0.2, 0) is 18.4 Å². The minimum Gasteiger partial charge on any atom is -0.756 e. The summed E-state index contributed by atoms with van der Waals surface area (Å²) < 4.78 is 23.2. The Morgan fingerprint density at radius 2 is 1.03 bits per heavy atom. The maximum atomic E-state index is 12.9. The van der Waals surface area contributed by atoms with E-state index in [0.717, 1.165) is 57.8 Å². The Bertz CT molecular complexity index is 1230. The molecule has 9 nitrogen and oxygen atoms in total. The first-order valence-corrected chi connectivity index (χ1v) is 27.1. The number of amides is 1. The van der Waals surface area contributed by atoms with Crippen LogP contribution >= 0.6 is 7.82 Å². The lowest BCUT2D eigenvalue weighted by molar-refractivity contribution is -0.870. The summed E-state index contributed by atoms with van der Waals surface area (Å²) in [5.74, 6) is -0.296. The molecule has 0 radical (unpaired) electrons. The van der Waals surface area contributed by atoms with Gasteiger partial charge in [0.15, 0.2) is 0 Å². The van der Waals surface area contributed by atoms with Crippen molar-refractivity contribution in [2.24, 2.45) is 0 Å². The first-order chi connectivity index (χ1) is 30.4. The highest BCUT2D eigenvalue weighted by molar-refractivity contribution is 7.45. The molecule has 4 unspecified atom stereocenters. The number of unbranched alkanes of at least 4 members (excludes halogenated alkanes) is 23. The van der Waals surface area contributed by atoms with Gasteiger partial charge in [-0.05, 0) is 90.4 Å². The van der Waals surface area contributed by atoms with Crippen LogP contribution in [0.15, 0.2) is 60.8 Å². The Morgan fingerprint density at radius 1 is 0.603 bits per heavy atom. The number of phosphoric acid groups is 1. The van der Waals surface area contributed by atoms with E-state index >= 15 is 0 Å². The quantitative estimate of drug-likeness (QED) is 0.0240. The summed E-state index contributed by atoms with van der Waals surface area (Å²) in [5.41, 5.74) is 0. The average Bonchev–Trinajstić information content (AvgIpc) is 3.24. The van der Waals surface area contributed by atoms with Crippen LogP contribution in [0, 0.1) is 0 Å². The Morgan fingerprint density at radius 3 is 1.52 bits per heavy atom. The Labute approximate surface area is 388 Å². The minimum absolute atomic E-state index is 0.0517. The number of likely N-dealkylation sites (N-methyl/N-ethyl adjacent to an activating group) is 1. The van der Waals surface area contributed by atoms with Crippen molar-refractivity contribution in [1.82, 2.24) is 5.32 Å². The second kappa shape index (κ2) is 44.0. The molecular formula is C53H99N2O7P. The van der Waals surface area contributed by atoms with Crippen molar-refractivity contribution in [2.45, 2.75) is 231 Å². The van der Waals surface area contributed by atoms with Gasteiger partial charge in [0.05, 0.1) is 39.9 Å². The van der Waals surface area contributed by atoms with Gasteiger partial charge in [-0.1, -0.05) is 177 Å². The predicted octanol–water partition coefficient (Wildman–Crippen LogP) is 13.3. The first kappa shape index (κ1) is 61.2. The highest BCUT2D eigenvalue weighted by Gasteiger charge is 2.29. The molecule has 0 aliphatic carbocycles. The van der Waals surface area contributed by atoms with E-state index in [1.165, 1.54) is 116 Å². The van der Waals surface area contributed by atoms with Gasteiger partial charge in [0.1, 0.15) is 19.3 Å². The van der Waals surface area contributed by atoms with E-state index in [2.05, 4.69) is 73.0 Å². The molecule has 4 atom stereocenters. The van der Waals surface area contributed by atoms with Gasteiger partial charge in [-0.3, -0.25) is 9.36 Å². The smallest absolute Gasteiger partial charge is 0.268 e. The van der Waals surface area contributed by atoms with Crippen LogP contribution in [0.1, 0.15) is 213 Å². The van der Waals surface area contributed by atoms with Crippen LogP contribution in [-0.4, -0.2) is 79.8 Å². The Kier molecular flexibility index (Phi) is 42.7. The fourth-order valence-electron chi connectivity index (χ4n) is 7.26. The van der Waals surface area contributed by atoms with Crippen molar-refractivity contribution >= 4 is 13.7 Å². The molecule has 0 rings (SSSR count). The lowest BCUT2D eigenvalue weighted by Crippen LogP contribution is -2.51. The predicted molar refractivity (Wildman–Crippen MR) is 267 cm³/mol. The van der Waals surface area contributed by atoms with Crippen molar-refractivity contribution in [1.29, 1.82) is 0 Å². The van der Waals surface area contributed by atoms with Crippen LogP contribution in [0.5, 0.6) is 0 Å². The second-order valence-corrected chi connectivity index (χ2v) is 20.1. The van der Waals surface area contributed by atoms with Crippen molar-refractivity contribution in [3.8, 4) is 0 Å². The van der Waals surface area contributed by atoms with Crippen LogP contribution in [0.2, 0.25) is 0 Å². The zero-order valence-corrected chi connectivity index (χ0v) is 42.3. The van der Waals surface area contributed by atoms with Crippen molar-refractivity contribution < 1.29 is 38.0 Å². The SMILES string of the molecule is C/C=C/CC/C=C/CC/C=C/CCCC(O)C(O)C(COP(=O)([O-])OCC[N+](C)(C)C)NC(=O)CCCCCCCCCCCCCCCCC/C=C\C/C=C\CCCCCCC. The summed E-state index contributed by atoms with van der Waals surface area (Å²) in [7, 11) is 1.09. The average molecular weight is 907 g/mol. The van der Waals surface area contributed by atoms with Gasteiger partial charge < -0.3 is 34.0 Å². The van der Waals surface area contributed by atoms with E-state index in [9.17, 15) is 24.5 Å². The number of allylic oxidation sites excluding steroid dienone is 10. The third-order valence-corrected chi connectivity index (χ3v) is 12.3. The third-order valence-electron chi connectivity index (χ3n) is 11.4. The fourth-order valence-corrected chi connectivity index (χ4v) is 7.99. The van der Waals surface area contributed by atoms with Crippen molar-refractivity contribution in [2.75, 3.05) is 40.9 Å². The highest BCUT2D eigenvalue weighted by Crippen LogP contribution is 2.38. The van der Waals surface area contributed by atoms with Crippen LogP contribution in [0.25, 0.3) is 0 Å². The molecule has 0 aromatic carbocycles. The van der Waals surface area contributed by atoms with Gasteiger partial charge in [-0.25, -0.2) is 0 Å². The number of aliphatic hydroxyl groups is 2. The summed E-state index contributed by atoms with van der Waals surface area (Å²) in [6.07, 6.45) is 54.4.